The molecule has 0 saturated carbocycles. The summed E-state index contributed by atoms with van der Waals surface area (Å²) in [4.78, 5) is 10.9. The lowest BCUT2D eigenvalue weighted by Gasteiger charge is -2.09. The summed E-state index contributed by atoms with van der Waals surface area (Å²) in [6, 6.07) is 22.5. The summed E-state index contributed by atoms with van der Waals surface area (Å²) < 4.78 is 6.80. The summed E-state index contributed by atoms with van der Waals surface area (Å²) in [7, 11) is 0. The first-order valence-electron chi connectivity index (χ1n) is 8.89. The van der Waals surface area contributed by atoms with Crippen molar-refractivity contribution in [1.29, 1.82) is 5.26 Å². The van der Waals surface area contributed by atoms with Crippen LogP contribution in [0.3, 0.4) is 0 Å². The van der Waals surface area contributed by atoms with Crippen molar-refractivity contribution in [3.8, 4) is 11.8 Å². The second-order valence-corrected chi connectivity index (χ2v) is 7.68. The van der Waals surface area contributed by atoms with E-state index in [1.54, 1.807) is 24.3 Å². The van der Waals surface area contributed by atoms with E-state index in [4.69, 9.17) is 9.84 Å². The van der Waals surface area contributed by atoms with Crippen molar-refractivity contribution in [1.82, 2.24) is 0 Å². The number of allylic oxidation sites excluding steroid dienone is 1. The van der Waals surface area contributed by atoms with E-state index >= 15 is 0 Å². The first kappa shape index (κ1) is 20.6. The van der Waals surface area contributed by atoms with E-state index in [0.717, 1.165) is 31.6 Å². The highest BCUT2D eigenvalue weighted by atomic mass is 127. The second kappa shape index (κ2) is 9.39. The Labute approximate surface area is 183 Å². The summed E-state index contributed by atoms with van der Waals surface area (Å²) in [5.41, 5.74) is 4.71. The Morgan fingerprint density at radius 3 is 2.31 bits per heavy atom. The summed E-state index contributed by atoms with van der Waals surface area (Å²) in [6.45, 7) is 2.36. The molecule has 3 aromatic carbocycles. The van der Waals surface area contributed by atoms with Crippen LogP contribution in [0.1, 0.15) is 32.6 Å². The van der Waals surface area contributed by atoms with Crippen LogP contribution in [0.5, 0.6) is 5.75 Å². The number of aromatic carboxylic acids is 1. The molecule has 0 amide bonds. The number of aryl methyl sites for hydroxylation is 1. The first-order valence-corrected chi connectivity index (χ1v) is 9.97. The monoisotopic (exact) mass is 495 g/mol. The van der Waals surface area contributed by atoms with Crippen LogP contribution in [0, 0.1) is 21.8 Å². The minimum atomic E-state index is -0.946. The number of carboxylic acid groups (broad SMARTS) is 1. The van der Waals surface area contributed by atoms with Gasteiger partial charge in [0, 0.05) is 0 Å². The molecular weight excluding hydrogens is 477 g/mol. The van der Waals surface area contributed by atoms with Crippen molar-refractivity contribution < 1.29 is 14.6 Å². The highest BCUT2D eigenvalue weighted by Crippen LogP contribution is 2.26. The third-order valence-electron chi connectivity index (χ3n) is 4.35. The van der Waals surface area contributed by atoms with Crippen molar-refractivity contribution in [3.63, 3.8) is 0 Å². The highest BCUT2D eigenvalue weighted by Gasteiger charge is 2.06. The molecule has 4 nitrogen and oxygen atoms in total. The molecule has 0 aromatic heterocycles. The Morgan fingerprint density at radius 2 is 1.72 bits per heavy atom. The van der Waals surface area contributed by atoms with E-state index in [-0.39, 0.29) is 5.56 Å². The minimum Gasteiger partial charge on any atom is -0.488 e. The van der Waals surface area contributed by atoms with Crippen LogP contribution in [-0.2, 0) is 6.61 Å². The quantitative estimate of drug-likeness (QED) is 0.261. The molecule has 5 heteroatoms. The number of halogens is 1. The van der Waals surface area contributed by atoms with E-state index < -0.39 is 5.97 Å². The topological polar surface area (TPSA) is 70.3 Å². The third kappa shape index (κ3) is 5.46. The van der Waals surface area contributed by atoms with Gasteiger partial charge in [-0.1, -0.05) is 48.0 Å². The number of carbonyl (C=O) groups is 1. The van der Waals surface area contributed by atoms with Crippen LogP contribution in [0.15, 0.2) is 66.7 Å². The Bertz CT molecular complexity index is 1090. The lowest BCUT2D eigenvalue weighted by molar-refractivity contribution is 0.0697. The molecule has 3 aromatic rings. The molecule has 144 valence electrons. The Morgan fingerprint density at radius 1 is 1.07 bits per heavy atom. The number of nitriles is 1. The molecule has 0 saturated heterocycles. The van der Waals surface area contributed by atoms with Gasteiger partial charge in [-0.2, -0.15) is 5.26 Å². The van der Waals surface area contributed by atoms with Crippen molar-refractivity contribution in [2.24, 2.45) is 0 Å². The maximum atomic E-state index is 10.9. The fourth-order valence-corrected chi connectivity index (χ4v) is 3.40. The molecule has 0 radical (unpaired) electrons. The molecule has 0 spiro atoms. The van der Waals surface area contributed by atoms with E-state index in [0.29, 0.717) is 12.2 Å². The van der Waals surface area contributed by atoms with Crippen LogP contribution < -0.4 is 4.74 Å². The number of carboxylic acids is 1. The molecule has 3 rings (SSSR count). The van der Waals surface area contributed by atoms with Gasteiger partial charge in [-0.3, -0.25) is 0 Å². The smallest absolute Gasteiger partial charge is 0.335 e. The molecule has 0 aliphatic carbocycles. The van der Waals surface area contributed by atoms with Gasteiger partial charge in [0.1, 0.15) is 12.4 Å². The molecule has 0 atom stereocenters. The van der Waals surface area contributed by atoms with Gasteiger partial charge < -0.3 is 9.84 Å². The van der Waals surface area contributed by atoms with Crippen molar-refractivity contribution in [2.45, 2.75) is 13.5 Å². The Hall–Kier alpha value is -3.11. The molecule has 0 bridgehead atoms. The van der Waals surface area contributed by atoms with Crippen LogP contribution in [0.4, 0.5) is 0 Å². The van der Waals surface area contributed by atoms with Crippen molar-refractivity contribution >= 4 is 40.2 Å². The van der Waals surface area contributed by atoms with E-state index in [2.05, 4.69) is 28.7 Å². The molecule has 0 fully saturated rings. The maximum Gasteiger partial charge on any atom is 0.335 e. The summed E-state index contributed by atoms with van der Waals surface area (Å²) in [5.74, 6) is -0.211. The van der Waals surface area contributed by atoms with Crippen LogP contribution >= 0.6 is 22.6 Å². The van der Waals surface area contributed by atoms with Gasteiger partial charge in [-0.15, -0.1) is 0 Å². The van der Waals surface area contributed by atoms with E-state index in [9.17, 15) is 10.1 Å². The van der Waals surface area contributed by atoms with Gasteiger partial charge in [0.25, 0.3) is 0 Å². The number of benzene rings is 3. The average molecular weight is 495 g/mol. The van der Waals surface area contributed by atoms with Crippen molar-refractivity contribution in [3.05, 3.63) is 98.1 Å². The fraction of sp³-hybridized carbons (Fsp3) is 0.0833. The Kier molecular flexibility index (Phi) is 6.68. The van der Waals surface area contributed by atoms with Crippen molar-refractivity contribution in [2.75, 3.05) is 0 Å². The predicted molar refractivity (Wildman–Crippen MR) is 122 cm³/mol. The van der Waals surface area contributed by atoms with E-state index in [1.165, 1.54) is 0 Å². The second-order valence-electron chi connectivity index (χ2n) is 6.52. The highest BCUT2D eigenvalue weighted by molar-refractivity contribution is 14.1. The van der Waals surface area contributed by atoms with E-state index in [1.807, 2.05) is 55.5 Å². The Balaban J connectivity index is 1.73. The maximum absolute atomic E-state index is 10.9. The molecule has 0 unspecified atom stereocenters. The lowest BCUT2D eigenvalue weighted by atomic mass is 10.0. The molecule has 0 aliphatic rings. The normalized spacial score (nSPS) is 11.0. The number of nitrogens with zero attached hydrogens (tertiary/aromatic N) is 1. The number of ether oxygens (including phenoxy) is 1. The lowest BCUT2D eigenvalue weighted by Crippen LogP contribution is -1.99. The molecular formula is C24H18INO3. The van der Waals surface area contributed by atoms with Crippen LogP contribution in [0.25, 0.3) is 11.6 Å². The average Bonchev–Trinajstić information content (AvgIpc) is 2.72. The number of hydrogen-bond acceptors (Lipinski definition) is 3. The van der Waals surface area contributed by atoms with Gasteiger partial charge in [-0.05, 0) is 76.5 Å². The summed E-state index contributed by atoms with van der Waals surface area (Å²) in [6.07, 6.45) is 1.86. The summed E-state index contributed by atoms with van der Waals surface area (Å²) in [5, 5.41) is 18.5. The zero-order chi connectivity index (χ0) is 20.8. The van der Waals surface area contributed by atoms with Gasteiger partial charge in [0.2, 0.25) is 0 Å². The van der Waals surface area contributed by atoms with Gasteiger partial charge in [-0.25, -0.2) is 4.79 Å². The van der Waals surface area contributed by atoms with Gasteiger partial charge >= 0.3 is 5.97 Å². The minimum absolute atomic E-state index is 0.251. The van der Waals surface area contributed by atoms with Gasteiger partial charge in [0.05, 0.1) is 20.8 Å². The largest absolute Gasteiger partial charge is 0.488 e. The fourth-order valence-electron chi connectivity index (χ4n) is 2.71. The molecule has 0 heterocycles. The summed E-state index contributed by atoms with van der Waals surface area (Å²) >= 11 is 2.21. The number of hydrogen-bond donors (Lipinski definition) is 1. The zero-order valence-corrected chi connectivity index (χ0v) is 17.9. The number of rotatable bonds is 6. The molecule has 0 aliphatic heterocycles. The van der Waals surface area contributed by atoms with Crippen LogP contribution in [0.2, 0.25) is 0 Å². The standard InChI is InChI=1S/C24H18INO3/c1-16-2-7-19(8-3-16)21(14-26)12-18-6-11-23(22(25)13-18)29-15-17-4-9-20(10-5-17)24(27)28/h2-13H,15H2,1H3,(H,27,28)/b21-12-. The van der Waals surface area contributed by atoms with Gasteiger partial charge in [0.15, 0.2) is 0 Å². The molecule has 29 heavy (non-hydrogen) atoms. The van der Waals surface area contributed by atoms with Crippen LogP contribution in [-0.4, -0.2) is 11.1 Å². The first-order chi connectivity index (χ1) is 14.0. The molecule has 1 N–H and O–H groups in total. The zero-order valence-electron chi connectivity index (χ0n) is 15.7. The third-order valence-corrected chi connectivity index (χ3v) is 5.19. The SMILES string of the molecule is Cc1ccc(/C(C#N)=C\c2ccc(OCc3ccc(C(=O)O)cc3)c(I)c2)cc1. The predicted octanol–water partition coefficient (Wildman–Crippen LogP) is 5.94.